The Balaban J connectivity index is 1.43. The zero-order valence-electron chi connectivity index (χ0n) is 16.9. The van der Waals surface area contributed by atoms with Gasteiger partial charge < -0.3 is 43.1 Å². The second-order valence-corrected chi connectivity index (χ2v) is 8.27. The Morgan fingerprint density at radius 2 is 1.59 bits per heavy atom. The maximum absolute atomic E-state index is 10.7. The highest BCUT2D eigenvalue weighted by Gasteiger charge is 2.59. The number of hydrogen-bond acceptors (Lipinski definition) is 9. The standard InChI is InChI=1S/C19H27NO9/c1-6-7-22-13-11(25-17-15(13)27-19(4,5)29-17)9-23-12-10(8-20-21)24-16-14(12)26-18(2,3)28-16/h6,10-17H,1,7,9H2,2-5H3/t10-,11-,12+,13+,14-,15-,16-,17-/m1/s1. The van der Waals surface area contributed by atoms with Crippen molar-refractivity contribution in [2.45, 2.75) is 88.5 Å². The van der Waals surface area contributed by atoms with Gasteiger partial charge in [-0.05, 0) is 27.7 Å². The molecule has 0 saturated carbocycles. The summed E-state index contributed by atoms with van der Waals surface area (Å²) < 4.78 is 46.9. The van der Waals surface area contributed by atoms with Crippen LogP contribution in [0.1, 0.15) is 27.7 Å². The molecular weight excluding hydrogens is 386 g/mol. The number of hydrogen-bond donors (Lipinski definition) is 0. The molecule has 0 aromatic rings. The smallest absolute Gasteiger partial charge is 0.333 e. The van der Waals surface area contributed by atoms with Crippen LogP contribution in [0.4, 0.5) is 0 Å². The van der Waals surface area contributed by atoms with E-state index in [0.717, 1.165) is 0 Å². The summed E-state index contributed by atoms with van der Waals surface area (Å²) in [6, 6.07) is 2.35. The zero-order chi connectivity index (χ0) is 20.8. The molecule has 0 amide bonds. The normalized spacial score (nSPS) is 44.1. The van der Waals surface area contributed by atoms with Crippen LogP contribution in [0, 0.1) is 11.3 Å². The average Bonchev–Trinajstić information content (AvgIpc) is 3.27. The molecule has 4 saturated heterocycles. The van der Waals surface area contributed by atoms with Crippen molar-refractivity contribution in [2.24, 2.45) is 0 Å². The van der Waals surface area contributed by atoms with E-state index in [-0.39, 0.29) is 12.7 Å². The van der Waals surface area contributed by atoms with Crippen molar-refractivity contribution in [1.29, 1.82) is 0 Å². The minimum atomic E-state index is -0.819. The van der Waals surface area contributed by atoms with E-state index in [9.17, 15) is 5.21 Å². The summed E-state index contributed by atoms with van der Waals surface area (Å²) in [5.74, 6) is -1.57. The maximum atomic E-state index is 10.7. The lowest BCUT2D eigenvalue weighted by atomic mass is 10.1. The third-order valence-electron chi connectivity index (χ3n) is 5.12. The van der Waals surface area contributed by atoms with E-state index in [4.69, 9.17) is 37.9 Å². The molecule has 0 aromatic heterocycles. The van der Waals surface area contributed by atoms with Gasteiger partial charge in [0, 0.05) is 5.01 Å². The van der Waals surface area contributed by atoms with Gasteiger partial charge in [0.2, 0.25) is 6.10 Å². The molecule has 4 fully saturated rings. The molecule has 4 heterocycles. The summed E-state index contributed by atoms with van der Waals surface area (Å²) in [7, 11) is 0. The van der Waals surface area contributed by atoms with Gasteiger partial charge >= 0.3 is 6.07 Å². The van der Waals surface area contributed by atoms with Gasteiger partial charge in [-0.25, -0.2) is 0 Å². The molecule has 10 heteroatoms. The maximum Gasteiger partial charge on any atom is 0.333 e. The molecule has 0 aliphatic carbocycles. The molecule has 0 aromatic carbocycles. The van der Waals surface area contributed by atoms with E-state index in [2.05, 4.69) is 17.7 Å². The van der Waals surface area contributed by atoms with Gasteiger partial charge in [-0.1, -0.05) is 6.08 Å². The van der Waals surface area contributed by atoms with Crippen LogP contribution >= 0.6 is 0 Å². The minimum absolute atomic E-state index is 0.139. The Morgan fingerprint density at radius 3 is 2.21 bits per heavy atom. The summed E-state index contributed by atoms with van der Waals surface area (Å²) in [6.07, 6.45) is -2.80. The zero-order valence-corrected chi connectivity index (χ0v) is 16.9. The Kier molecular flexibility index (Phi) is 5.61. The first-order valence-electron chi connectivity index (χ1n) is 9.67. The summed E-state index contributed by atoms with van der Waals surface area (Å²) in [4.78, 5) is 0. The van der Waals surface area contributed by atoms with Crippen LogP contribution in [0.25, 0.3) is 5.01 Å². The highest BCUT2D eigenvalue weighted by Crippen LogP contribution is 2.41. The Morgan fingerprint density at radius 1 is 0.966 bits per heavy atom. The van der Waals surface area contributed by atoms with Gasteiger partial charge in [0.15, 0.2) is 24.2 Å². The first-order valence-corrected chi connectivity index (χ1v) is 9.67. The van der Waals surface area contributed by atoms with E-state index >= 15 is 0 Å². The molecule has 0 spiro atoms. The third kappa shape index (κ3) is 4.15. The molecule has 8 atom stereocenters. The first kappa shape index (κ1) is 21.0. The fraction of sp³-hybridized carbons (Fsp3) is 0.842. The quantitative estimate of drug-likeness (QED) is 0.474. The summed E-state index contributed by atoms with van der Waals surface area (Å²) in [6.45, 7) is 11.4. The Bertz CT molecular complexity index is 687. The summed E-state index contributed by atoms with van der Waals surface area (Å²) >= 11 is 0. The van der Waals surface area contributed by atoms with Crippen LogP contribution in [-0.4, -0.2) is 74.0 Å². The van der Waals surface area contributed by atoms with Gasteiger partial charge in [-0.2, -0.15) is 0 Å². The van der Waals surface area contributed by atoms with Crippen LogP contribution in [0.5, 0.6) is 0 Å². The average molecular weight is 413 g/mol. The van der Waals surface area contributed by atoms with Crippen molar-refractivity contribution < 1.29 is 37.9 Å². The van der Waals surface area contributed by atoms with E-state index < -0.39 is 54.7 Å². The Hall–Kier alpha value is -1.29. The topological polar surface area (TPSA) is 101 Å². The van der Waals surface area contributed by atoms with Crippen LogP contribution in [0.2, 0.25) is 0 Å². The highest BCUT2D eigenvalue weighted by molar-refractivity contribution is 5.08. The molecule has 0 radical (unpaired) electrons. The van der Waals surface area contributed by atoms with Crippen LogP contribution in [0.15, 0.2) is 12.7 Å². The molecule has 29 heavy (non-hydrogen) atoms. The van der Waals surface area contributed by atoms with Crippen molar-refractivity contribution in [3.63, 3.8) is 0 Å². The van der Waals surface area contributed by atoms with E-state index in [0.29, 0.717) is 6.61 Å². The first-order chi connectivity index (χ1) is 13.7. The van der Waals surface area contributed by atoms with Crippen molar-refractivity contribution in [2.75, 3.05) is 13.2 Å². The van der Waals surface area contributed by atoms with Crippen molar-refractivity contribution >= 4 is 0 Å². The lowest BCUT2D eigenvalue weighted by molar-refractivity contribution is -0.231. The van der Waals surface area contributed by atoms with Crippen LogP contribution in [0.3, 0.4) is 0 Å². The van der Waals surface area contributed by atoms with Gasteiger partial charge in [0.1, 0.15) is 30.5 Å². The molecular formula is C19H27NO9. The number of ether oxygens (including phenoxy) is 8. The van der Waals surface area contributed by atoms with Crippen LogP contribution < -0.4 is 0 Å². The largest absolute Gasteiger partial charge is 0.498 e. The molecule has 0 bridgehead atoms. The van der Waals surface area contributed by atoms with Crippen LogP contribution in [-0.2, 0) is 37.9 Å². The fourth-order valence-electron chi connectivity index (χ4n) is 4.08. The summed E-state index contributed by atoms with van der Waals surface area (Å²) in [5.41, 5.74) is 0. The van der Waals surface area contributed by atoms with Crippen molar-refractivity contribution in [1.82, 2.24) is 0 Å². The Labute approximate surface area is 169 Å². The van der Waals surface area contributed by atoms with Crippen molar-refractivity contribution in [3.05, 3.63) is 22.9 Å². The van der Waals surface area contributed by atoms with E-state index in [1.807, 2.05) is 13.8 Å². The minimum Gasteiger partial charge on any atom is -0.498 e. The lowest BCUT2D eigenvalue weighted by Crippen LogP contribution is -2.42. The predicted molar refractivity (Wildman–Crippen MR) is 97.7 cm³/mol. The van der Waals surface area contributed by atoms with Gasteiger partial charge in [0.25, 0.3) is 0 Å². The van der Waals surface area contributed by atoms with Crippen molar-refractivity contribution in [3.8, 4) is 6.07 Å². The van der Waals surface area contributed by atoms with E-state index in [1.54, 1.807) is 19.9 Å². The predicted octanol–water partition coefficient (Wildman–Crippen LogP) is 1.53. The third-order valence-corrected chi connectivity index (χ3v) is 5.12. The number of rotatable bonds is 6. The molecule has 162 valence electrons. The van der Waals surface area contributed by atoms with Gasteiger partial charge in [0.05, 0.1) is 13.2 Å². The molecule has 0 N–H and O–H groups in total. The van der Waals surface area contributed by atoms with E-state index in [1.165, 1.54) is 0 Å². The second kappa shape index (κ2) is 7.76. The summed E-state index contributed by atoms with van der Waals surface area (Å²) in [5, 5.41) is 13.4. The molecule has 4 aliphatic rings. The lowest BCUT2D eigenvalue weighted by Gasteiger charge is -2.27. The SMILES string of the molecule is C=CCO[C@@H]1[C@H]2OC(C)(C)O[C@H]2O[C@@H]1CO[C@@H]1[C@H]2OC(C)(C)O[C@H]2O[C@@H]1C#[N+][O-]. The van der Waals surface area contributed by atoms with Gasteiger partial charge in [-0.15, -0.1) is 6.58 Å². The number of nitrogens with zero attached hydrogens (tertiary/aromatic N) is 1. The molecule has 4 aliphatic heterocycles. The fourth-order valence-corrected chi connectivity index (χ4v) is 4.08. The molecule has 10 nitrogen and oxygen atoms in total. The second-order valence-electron chi connectivity index (χ2n) is 8.27. The monoisotopic (exact) mass is 413 g/mol. The molecule has 0 unspecified atom stereocenters. The molecule has 4 rings (SSSR count). The van der Waals surface area contributed by atoms with Gasteiger partial charge in [-0.3, -0.25) is 0 Å². The number of fused-ring (bicyclic) bond motifs is 2. The highest BCUT2D eigenvalue weighted by atomic mass is 16.9.